The summed E-state index contributed by atoms with van der Waals surface area (Å²) in [5, 5.41) is 27.5. The van der Waals surface area contributed by atoms with Crippen LogP contribution in [0.15, 0.2) is 66.7 Å². The van der Waals surface area contributed by atoms with Gasteiger partial charge in [-0.1, -0.05) is 64.3 Å². The van der Waals surface area contributed by atoms with Gasteiger partial charge in [0, 0.05) is 23.8 Å². The monoisotopic (exact) mass is 536 g/mol. The third-order valence-corrected chi connectivity index (χ3v) is 7.72. The summed E-state index contributed by atoms with van der Waals surface area (Å²) in [7, 11) is 0. The maximum absolute atomic E-state index is 14.2. The zero-order valence-electron chi connectivity index (χ0n) is 22.8. The van der Waals surface area contributed by atoms with Gasteiger partial charge < -0.3 is 20.8 Å². The molecule has 1 aliphatic rings. The first-order valence-electron chi connectivity index (χ1n) is 13.6. The van der Waals surface area contributed by atoms with Crippen LogP contribution in [0.1, 0.15) is 86.0 Å². The van der Waals surface area contributed by atoms with Crippen LogP contribution in [0.5, 0.6) is 0 Å². The van der Waals surface area contributed by atoms with Gasteiger partial charge in [-0.15, -0.1) is 0 Å². The number of benzene rings is 3. The highest BCUT2D eigenvalue weighted by molar-refractivity contribution is 5.88. The minimum Gasteiger partial charge on any atom is -0.478 e. The molecule has 3 aromatic carbocycles. The molecule has 1 aliphatic carbocycles. The minimum atomic E-state index is -1.05. The lowest BCUT2D eigenvalue weighted by molar-refractivity contribution is 0.0697. The zero-order chi connectivity index (χ0) is 28.2. The Hall–Kier alpha value is -3.29. The number of carboxylic acid groups (broad SMARTS) is 1. The van der Waals surface area contributed by atoms with Crippen molar-refractivity contribution in [3.05, 3.63) is 101 Å². The van der Waals surface area contributed by atoms with Crippen molar-refractivity contribution >= 4 is 11.7 Å². The number of rotatable bonds is 9. The molecule has 0 spiro atoms. The Kier molecular flexibility index (Phi) is 8.72. The molecule has 4 N–H and O–H groups in total. The Balaban J connectivity index is 1.62. The summed E-state index contributed by atoms with van der Waals surface area (Å²) < 4.78 is 28.4. The summed E-state index contributed by atoms with van der Waals surface area (Å²) >= 11 is 0. The van der Waals surface area contributed by atoms with Crippen LogP contribution in [-0.2, 0) is 11.0 Å². The van der Waals surface area contributed by atoms with E-state index in [1.54, 1.807) is 12.1 Å². The summed E-state index contributed by atoms with van der Waals surface area (Å²) in [5.41, 5.74) is 3.02. The molecule has 1 fully saturated rings. The van der Waals surface area contributed by atoms with Crippen LogP contribution in [0.3, 0.4) is 0 Å². The van der Waals surface area contributed by atoms with Gasteiger partial charge in [0.25, 0.3) is 0 Å². The molecule has 1 saturated carbocycles. The molecule has 0 aliphatic heterocycles. The van der Waals surface area contributed by atoms with Gasteiger partial charge in [0.15, 0.2) is 0 Å². The molecule has 1 unspecified atom stereocenters. The number of hydrogen-bond acceptors (Lipinski definition) is 4. The molecular weight excluding hydrogens is 498 g/mol. The lowest BCUT2D eigenvalue weighted by Gasteiger charge is -2.41. The van der Waals surface area contributed by atoms with Crippen molar-refractivity contribution in [3.63, 3.8) is 0 Å². The molecule has 0 aromatic heterocycles. The molecule has 0 saturated heterocycles. The van der Waals surface area contributed by atoms with Crippen molar-refractivity contribution in [1.82, 2.24) is 5.32 Å². The molecular formula is C32H38F2N2O3. The Morgan fingerprint density at radius 3 is 2.18 bits per heavy atom. The summed E-state index contributed by atoms with van der Waals surface area (Å²) in [6.07, 6.45) is 4.09. The van der Waals surface area contributed by atoms with Gasteiger partial charge in [0.2, 0.25) is 0 Å². The Morgan fingerprint density at radius 1 is 0.949 bits per heavy atom. The summed E-state index contributed by atoms with van der Waals surface area (Å²) in [4.78, 5) is 11.2. The van der Waals surface area contributed by atoms with Gasteiger partial charge >= 0.3 is 5.97 Å². The predicted octanol–water partition coefficient (Wildman–Crippen LogP) is 6.92. The van der Waals surface area contributed by atoms with E-state index in [4.69, 9.17) is 0 Å². The largest absolute Gasteiger partial charge is 0.478 e. The van der Waals surface area contributed by atoms with Crippen LogP contribution in [0, 0.1) is 11.6 Å². The van der Waals surface area contributed by atoms with Crippen molar-refractivity contribution < 1.29 is 23.8 Å². The molecule has 39 heavy (non-hydrogen) atoms. The first kappa shape index (κ1) is 28.7. The smallest absolute Gasteiger partial charge is 0.335 e. The van der Waals surface area contributed by atoms with Crippen LogP contribution in [0.4, 0.5) is 14.5 Å². The zero-order valence-corrected chi connectivity index (χ0v) is 22.8. The van der Waals surface area contributed by atoms with Crippen molar-refractivity contribution in [2.75, 3.05) is 11.9 Å². The normalized spacial score (nSPS) is 16.9. The van der Waals surface area contributed by atoms with Crippen LogP contribution >= 0.6 is 0 Å². The maximum Gasteiger partial charge on any atom is 0.335 e. The average molecular weight is 537 g/mol. The van der Waals surface area contributed by atoms with E-state index in [1.807, 2.05) is 0 Å². The molecule has 4 rings (SSSR count). The second-order valence-electron chi connectivity index (χ2n) is 11.6. The highest BCUT2D eigenvalue weighted by atomic mass is 19.1. The van der Waals surface area contributed by atoms with E-state index in [-0.39, 0.29) is 28.6 Å². The van der Waals surface area contributed by atoms with Crippen LogP contribution in [-0.4, -0.2) is 28.8 Å². The van der Waals surface area contributed by atoms with Gasteiger partial charge in [-0.2, -0.15) is 0 Å². The van der Waals surface area contributed by atoms with Crippen LogP contribution < -0.4 is 10.6 Å². The third-order valence-electron chi connectivity index (χ3n) is 7.72. The highest BCUT2D eigenvalue weighted by Gasteiger charge is 2.35. The second kappa shape index (κ2) is 11.8. The number of nitrogens with one attached hydrogen (secondary N) is 2. The number of aliphatic hydroxyl groups is 1. The summed E-state index contributed by atoms with van der Waals surface area (Å²) in [6, 6.07) is 17.0. The Labute approximate surface area is 229 Å². The van der Waals surface area contributed by atoms with Gasteiger partial charge in [-0.25, -0.2) is 13.6 Å². The molecule has 208 valence electrons. The lowest BCUT2D eigenvalue weighted by Crippen LogP contribution is -2.48. The fourth-order valence-electron chi connectivity index (χ4n) is 5.47. The molecule has 2 atom stereocenters. The molecule has 0 radical (unpaired) electrons. The van der Waals surface area contributed by atoms with Gasteiger partial charge in [0.05, 0.1) is 17.7 Å². The number of carboxylic acids is 1. The number of anilines is 1. The number of hydrogen-bond donors (Lipinski definition) is 4. The van der Waals surface area contributed by atoms with Gasteiger partial charge in [-0.05, 0) is 71.3 Å². The number of halogens is 2. The molecule has 0 amide bonds. The SMILES string of the molecule is CC(C)(C)c1cccc(C2(NC[C@@H](O)C(Nc3ccc(C(=O)O)cc3)c3cc(F)cc(F)c3)CCCCC2)c1. The Bertz CT molecular complexity index is 1260. The molecule has 0 bridgehead atoms. The third kappa shape index (κ3) is 7.02. The predicted molar refractivity (Wildman–Crippen MR) is 150 cm³/mol. The lowest BCUT2D eigenvalue weighted by atomic mass is 9.74. The minimum absolute atomic E-state index is 0.00195. The first-order valence-corrected chi connectivity index (χ1v) is 13.6. The van der Waals surface area contributed by atoms with Crippen LogP contribution in [0.2, 0.25) is 0 Å². The quantitative estimate of drug-likeness (QED) is 0.239. The summed E-state index contributed by atoms with van der Waals surface area (Å²) in [6.45, 7) is 6.75. The topological polar surface area (TPSA) is 81.6 Å². The van der Waals surface area contributed by atoms with E-state index in [0.29, 0.717) is 5.69 Å². The molecule has 0 heterocycles. The van der Waals surface area contributed by atoms with Gasteiger partial charge in [-0.3, -0.25) is 0 Å². The van der Waals surface area contributed by atoms with E-state index in [2.05, 4.69) is 55.7 Å². The van der Waals surface area contributed by atoms with E-state index < -0.39 is 29.7 Å². The fourth-order valence-corrected chi connectivity index (χ4v) is 5.47. The number of carbonyl (C=O) groups is 1. The fraction of sp³-hybridized carbons (Fsp3) is 0.406. The average Bonchev–Trinajstić information content (AvgIpc) is 2.90. The van der Waals surface area contributed by atoms with Crippen molar-refractivity contribution in [2.24, 2.45) is 0 Å². The maximum atomic E-state index is 14.2. The van der Waals surface area contributed by atoms with Crippen molar-refractivity contribution in [3.8, 4) is 0 Å². The van der Waals surface area contributed by atoms with E-state index in [9.17, 15) is 23.8 Å². The Morgan fingerprint density at radius 2 is 1.59 bits per heavy atom. The summed E-state index contributed by atoms with van der Waals surface area (Å²) in [5.74, 6) is -2.52. The van der Waals surface area contributed by atoms with Crippen LogP contribution in [0.25, 0.3) is 0 Å². The number of aromatic carboxylic acids is 1. The standard InChI is InChI=1S/C32H38F2N2O3/c1-31(2,3)23-8-7-9-24(18-23)32(14-5-4-6-15-32)35-20-28(37)29(22-16-25(33)19-26(34)17-22)36-27-12-10-21(11-13-27)30(38)39/h7-13,16-19,28-29,35-37H,4-6,14-15,20H2,1-3H3,(H,38,39)/t28-,29?/m1/s1. The molecule has 3 aromatic rings. The molecule has 7 heteroatoms. The van der Waals surface area contributed by atoms with E-state index >= 15 is 0 Å². The van der Waals surface area contributed by atoms with Crippen molar-refractivity contribution in [1.29, 1.82) is 0 Å². The van der Waals surface area contributed by atoms with E-state index in [1.165, 1.54) is 35.4 Å². The van der Waals surface area contributed by atoms with Gasteiger partial charge in [0.1, 0.15) is 11.6 Å². The highest BCUT2D eigenvalue weighted by Crippen LogP contribution is 2.39. The van der Waals surface area contributed by atoms with E-state index in [0.717, 1.165) is 38.2 Å². The van der Waals surface area contributed by atoms with Crippen molar-refractivity contribution in [2.45, 2.75) is 76.0 Å². The second-order valence-corrected chi connectivity index (χ2v) is 11.6. The number of aliphatic hydroxyl groups excluding tert-OH is 1. The molecule has 5 nitrogen and oxygen atoms in total. The first-order chi connectivity index (χ1) is 18.5.